The molecule has 2 aromatic heterocycles. The van der Waals surface area contributed by atoms with Crippen LogP contribution in [0.4, 0.5) is 10.8 Å². The summed E-state index contributed by atoms with van der Waals surface area (Å²) in [4.78, 5) is 34.8. The Bertz CT molecular complexity index is 1320. The number of fused-ring (bicyclic) bond motifs is 1. The van der Waals surface area contributed by atoms with Gasteiger partial charge in [0.25, 0.3) is 0 Å². The highest BCUT2D eigenvalue weighted by Crippen LogP contribution is 2.34. The molecule has 0 spiro atoms. The molecule has 0 aliphatic carbocycles. The van der Waals surface area contributed by atoms with Crippen LogP contribution in [-0.4, -0.2) is 27.0 Å². The fourth-order valence-corrected chi connectivity index (χ4v) is 5.19. The summed E-state index contributed by atoms with van der Waals surface area (Å²) in [5, 5.41) is 12.5. The highest BCUT2D eigenvalue weighted by Gasteiger charge is 2.20. The van der Waals surface area contributed by atoms with Gasteiger partial charge in [-0.2, -0.15) is 0 Å². The number of para-hydroxylation sites is 1. The number of carbonyl (C=O) groups is 2. The van der Waals surface area contributed by atoms with Gasteiger partial charge in [0.05, 0.1) is 28.0 Å². The topological polar surface area (TPSA) is 83.4 Å². The van der Waals surface area contributed by atoms with Crippen LogP contribution in [0.5, 0.6) is 0 Å². The second-order valence-corrected chi connectivity index (χ2v) is 9.22. The molecule has 8 heteroatoms. The monoisotopic (exact) mass is 463 g/mol. The Morgan fingerprint density at radius 2 is 1.88 bits per heavy atom. The molecule has 0 atom stereocenters. The van der Waals surface area contributed by atoms with Crippen LogP contribution >= 0.6 is 22.7 Å². The highest BCUT2D eigenvalue weighted by molar-refractivity contribution is 7.19. The summed E-state index contributed by atoms with van der Waals surface area (Å²) in [6, 6.07) is 13.5. The van der Waals surface area contributed by atoms with Crippen LogP contribution in [0, 0.1) is 13.8 Å². The van der Waals surface area contributed by atoms with Gasteiger partial charge in [-0.1, -0.05) is 24.3 Å². The van der Waals surface area contributed by atoms with Crippen molar-refractivity contribution in [2.24, 2.45) is 0 Å². The Kier molecular flexibility index (Phi) is 6.16. The summed E-state index contributed by atoms with van der Waals surface area (Å²) in [6.07, 6.45) is 1.58. The number of anilines is 2. The van der Waals surface area contributed by atoms with Crippen molar-refractivity contribution in [3.05, 3.63) is 69.7 Å². The first-order valence-electron chi connectivity index (χ1n) is 9.94. The molecule has 0 saturated carbocycles. The number of thiazole rings is 2. The fourth-order valence-electron chi connectivity index (χ4n) is 3.37. The Hall–Kier alpha value is -3.36. The van der Waals surface area contributed by atoms with E-state index in [1.165, 1.54) is 29.6 Å². The number of aromatic nitrogens is 2. The molecule has 4 aromatic rings. The molecule has 0 saturated heterocycles. The van der Waals surface area contributed by atoms with E-state index in [0.29, 0.717) is 21.4 Å². The van der Waals surface area contributed by atoms with Gasteiger partial charge in [0.1, 0.15) is 5.01 Å². The molecule has 162 valence electrons. The van der Waals surface area contributed by atoms with E-state index in [0.717, 1.165) is 27.0 Å². The number of nitrogens with zero attached hydrogens (tertiary/aromatic N) is 3. The number of aliphatic carboxylic acids is 1. The van der Waals surface area contributed by atoms with Crippen LogP contribution in [0.25, 0.3) is 21.9 Å². The quantitative estimate of drug-likeness (QED) is 0.375. The standard InChI is InChI=1S/C24H21N3O3S2/c1-14-7-6-9-20(15(14)2)27(16(3)28)24-25-18(13-31-24)11-17(12-22(29)30)23-26-19-8-4-5-10-21(19)32-23/h4-11,13H,12H2,1-3H3,(H,29,30)/b17-11+. The van der Waals surface area contributed by atoms with Gasteiger partial charge < -0.3 is 5.11 Å². The van der Waals surface area contributed by atoms with Crippen molar-refractivity contribution in [2.45, 2.75) is 27.2 Å². The van der Waals surface area contributed by atoms with Gasteiger partial charge in [-0.3, -0.25) is 14.5 Å². The number of benzene rings is 2. The average molecular weight is 464 g/mol. The number of hydrogen-bond donors (Lipinski definition) is 1. The van der Waals surface area contributed by atoms with Crippen molar-refractivity contribution < 1.29 is 14.7 Å². The molecule has 1 amide bonds. The molecule has 6 nitrogen and oxygen atoms in total. The number of amides is 1. The lowest BCUT2D eigenvalue weighted by molar-refractivity contribution is -0.135. The predicted octanol–water partition coefficient (Wildman–Crippen LogP) is 6.07. The fraction of sp³-hybridized carbons (Fsp3) is 0.167. The molecule has 0 aliphatic heterocycles. The molecule has 0 unspecified atom stereocenters. The van der Waals surface area contributed by atoms with Crippen molar-refractivity contribution in [1.82, 2.24) is 9.97 Å². The number of carboxylic acid groups (broad SMARTS) is 1. The summed E-state index contributed by atoms with van der Waals surface area (Å²) >= 11 is 2.79. The van der Waals surface area contributed by atoms with Crippen molar-refractivity contribution in [3.63, 3.8) is 0 Å². The van der Waals surface area contributed by atoms with E-state index in [1.54, 1.807) is 11.0 Å². The van der Waals surface area contributed by atoms with Crippen molar-refractivity contribution >= 4 is 67.2 Å². The Morgan fingerprint density at radius 3 is 2.59 bits per heavy atom. The summed E-state index contributed by atoms with van der Waals surface area (Å²) in [6.45, 7) is 5.49. The lowest BCUT2D eigenvalue weighted by Crippen LogP contribution is -2.23. The van der Waals surface area contributed by atoms with E-state index in [2.05, 4.69) is 9.97 Å². The molecule has 32 heavy (non-hydrogen) atoms. The van der Waals surface area contributed by atoms with Gasteiger partial charge in [0, 0.05) is 17.9 Å². The summed E-state index contributed by atoms with van der Waals surface area (Å²) < 4.78 is 0.996. The number of rotatable bonds is 6. The molecule has 0 aliphatic rings. The normalized spacial score (nSPS) is 11.7. The Labute approximate surface area is 193 Å². The first kappa shape index (κ1) is 21.9. The zero-order chi connectivity index (χ0) is 22.8. The maximum absolute atomic E-state index is 12.5. The second kappa shape index (κ2) is 9.02. The van der Waals surface area contributed by atoms with E-state index < -0.39 is 5.97 Å². The predicted molar refractivity (Wildman–Crippen MR) is 131 cm³/mol. The minimum atomic E-state index is -0.938. The van der Waals surface area contributed by atoms with E-state index >= 15 is 0 Å². The summed E-state index contributed by atoms with van der Waals surface area (Å²) in [5.41, 5.74) is 4.90. The molecule has 2 heterocycles. The third-order valence-corrected chi connectivity index (χ3v) is 7.02. The third-order valence-electron chi connectivity index (χ3n) is 5.07. The molecule has 4 rings (SSSR count). The SMILES string of the molecule is CC(=O)N(c1nc(/C=C(\CC(=O)O)c2nc3ccccc3s2)cs1)c1cccc(C)c1C. The molecular weight excluding hydrogens is 442 g/mol. The average Bonchev–Trinajstić information content (AvgIpc) is 3.37. The highest BCUT2D eigenvalue weighted by atomic mass is 32.1. The van der Waals surface area contributed by atoms with E-state index in [1.807, 2.05) is 61.7 Å². The van der Waals surface area contributed by atoms with Crippen LogP contribution < -0.4 is 4.90 Å². The molecule has 2 aromatic carbocycles. The zero-order valence-electron chi connectivity index (χ0n) is 17.8. The van der Waals surface area contributed by atoms with Crippen LogP contribution in [0.1, 0.15) is 35.2 Å². The van der Waals surface area contributed by atoms with Crippen LogP contribution in [0.3, 0.4) is 0 Å². The van der Waals surface area contributed by atoms with E-state index in [4.69, 9.17) is 0 Å². The Morgan fingerprint density at radius 1 is 1.09 bits per heavy atom. The first-order chi connectivity index (χ1) is 15.3. The number of hydrogen-bond acceptors (Lipinski definition) is 6. The Balaban J connectivity index is 1.74. The number of carbonyl (C=O) groups excluding carboxylic acids is 1. The van der Waals surface area contributed by atoms with Crippen molar-refractivity contribution in [1.29, 1.82) is 0 Å². The molecule has 0 radical (unpaired) electrons. The minimum absolute atomic E-state index is 0.138. The van der Waals surface area contributed by atoms with Gasteiger partial charge in [-0.05, 0) is 49.2 Å². The molecule has 1 N–H and O–H groups in total. The smallest absolute Gasteiger partial charge is 0.307 e. The largest absolute Gasteiger partial charge is 0.481 e. The van der Waals surface area contributed by atoms with E-state index in [-0.39, 0.29) is 12.3 Å². The number of carboxylic acids is 1. The number of aryl methyl sites for hydroxylation is 1. The maximum Gasteiger partial charge on any atom is 0.307 e. The zero-order valence-corrected chi connectivity index (χ0v) is 19.5. The van der Waals surface area contributed by atoms with Crippen molar-refractivity contribution in [2.75, 3.05) is 4.90 Å². The molecule has 0 bridgehead atoms. The van der Waals surface area contributed by atoms with Gasteiger partial charge in [-0.15, -0.1) is 22.7 Å². The van der Waals surface area contributed by atoms with Gasteiger partial charge in [-0.25, -0.2) is 9.97 Å². The first-order valence-corrected chi connectivity index (χ1v) is 11.6. The minimum Gasteiger partial charge on any atom is -0.481 e. The lowest BCUT2D eigenvalue weighted by Gasteiger charge is -2.21. The van der Waals surface area contributed by atoms with E-state index in [9.17, 15) is 14.7 Å². The van der Waals surface area contributed by atoms with Crippen LogP contribution in [0.2, 0.25) is 0 Å². The molecule has 0 fully saturated rings. The van der Waals surface area contributed by atoms with Gasteiger partial charge >= 0.3 is 5.97 Å². The summed E-state index contributed by atoms with van der Waals surface area (Å²) in [7, 11) is 0. The van der Waals surface area contributed by atoms with Gasteiger partial charge in [0.2, 0.25) is 5.91 Å². The van der Waals surface area contributed by atoms with Crippen LogP contribution in [0.15, 0.2) is 47.8 Å². The van der Waals surface area contributed by atoms with Crippen molar-refractivity contribution in [3.8, 4) is 0 Å². The third kappa shape index (κ3) is 4.46. The van der Waals surface area contributed by atoms with Gasteiger partial charge in [0.15, 0.2) is 5.13 Å². The maximum atomic E-state index is 12.5. The second-order valence-electron chi connectivity index (χ2n) is 7.36. The van der Waals surface area contributed by atoms with Crippen LogP contribution in [-0.2, 0) is 9.59 Å². The lowest BCUT2D eigenvalue weighted by atomic mass is 10.1. The molecular formula is C24H21N3O3S2. The summed E-state index contributed by atoms with van der Waals surface area (Å²) in [5.74, 6) is -1.08.